The first-order valence-corrected chi connectivity index (χ1v) is 6.92. The van der Waals surface area contributed by atoms with E-state index in [4.69, 9.17) is 5.11 Å². The van der Waals surface area contributed by atoms with E-state index in [2.05, 4.69) is 10.2 Å². The molecule has 1 aliphatic rings. The summed E-state index contributed by atoms with van der Waals surface area (Å²) in [7, 11) is 0. The Hall–Kier alpha value is -1.36. The Kier molecular flexibility index (Phi) is 6.56. The van der Waals surface area contributed by atoms with Gasteiger partial charge in [-0.15, -0.1) is 0 Å². The van der Waals surface area contributed by atoms with Crippen LogP contribution < -0.4 is 5.32 Å². The van der Waals surface area contributed by atoms with Gasteiger partial charge >= 0.3 is 5.97 Å². The number of carbonyl (C=O) groups excluding carboxylic acids is 1. The van der Waals surface area contributed by atoms with Gasteiger partial charge in [0.1, 0.15) is 0 Å². The lowest BCUT2D eigenvalue weighted by Gasteiger charge is -2.31. The molecule has 0 aromatic carbocycles. The fourth-order valence-corrected chi connectivity index (χ4v) is 2.28. The van der Waals surface area contributed by atoms with Crippen molar-refractivity contribution < 1.29 is 14.7 Å². The molecule has 1 rings (SSSR count). The summed E-state index contributed by atoms with van der Waals surface area (Å²) in [6, 6.07) is 0. The first-order valence-electron chi connectivity index (χ1n) is 6.92. The van der Waals surface area contributed by atoms with E-state index in [1.165, 1.54) is 6.92 Å². The number of aliphatic carboxylic acids is 1. The van der Waals surface area contributed by atoms with Gasteiger partial charge in [0, 0.05) is 25.6 Å². The van der Waals surface area contributed by atoms with Crippen molar-refractivity contribution in [1.29, 1.82) is 0 Å². The number of nitrogens with zero attached hydrogens (tertiary/aromatic N) is 1. The van der Waals surface area contributed by atoms with Crippen molar-refractivity contribution in [2.45, 2.75) is 33.1 Å². The standard InChI is InChI=1S/C14H24N2O3/c1-3-13(14(18)19)6-9-16-7-4-12(5-8-16)10-15-11(2)17/h6,12H,3-5,7-10H2,1-2H3,(H,15,17)(H,18,19). The summed E-state index contributed by atoms with van der Waals surface area (Å²) in [6.45, 7) is 6.81. The van der Waals surface area contributed by atoms with Crippen LogP contribution >= 0.6 is 0 Å². The Bertz CT molecular complexity index is 345. The minimum absolute atomic E-state index is 0.0272. The molecule has 1 heterocycles. The van der Waals surface area contributed by atoms with Gasteiger partial charge in [-0.3, -0.25) is 9.69 Å². The Morgan fingerprint density at radius 1 is 1.37 bits per heavy atom. The van der Waals surface area contributed by atoms with E-state index < -0.39 is 5.97 Å². The number of piperidine rings is 1. The van der Waals surface area contributed by atoms with Crippen molar-refractivity contribution in [3.8, 4) is 0 Å². The molecule has 0 aliphatic carbocycles. The molecule has 1 aliphatic heterocycles. The second-order valence-electron chi connectivity index (χ2n) is 5.07. The molecule has 1 amide bonds. The number of carbonyl (C=O) groups is 2. The van der Waals surface area contributed by atoms with Crippen LogP contribution in [0.4, 0.5) is 0 Å². The van der Waals surface area contributed by atoms with Crippen LogP contribution in [0.5, 0.6) is 0 Å². The van der Waals surface area contributed by atoms with E-state index in [9.17, 15) is 9.59 Å². The molecule has 5 nitrogen and oxygen atoms in total. The van der Waals surface area contributed by atoms with Crippen LogP contribution in [0.3, 0.4) is 0 Å². The average molecular weight is 268 g/mol. The molecule has 0 aromatic heterocycles. The molecular weight excluding hydrogens is 244 g/mol. The Labute approximate surface area is 114 Å². The zero-order chi connectivity index (χ0) is 14.3. The van der Waals surface area contributed by atoms with Gasteiger partial charge in [-0.05, 0) is 38.3 Å². The third-order valence-electron chi connectivity index (χ3n) is 3.60. The summed E-state index contributed by atoms with van der Waals surface area (Å²) in [5.74, 6) is -0.239. The largest absolute Gasteiger partial charge is 0.478 e. The first kappa shape index (κ1) is 15.7. The minimum Gasteiger partial charge on any atom is -0.478 e. The predicted octanol–water partition coefficient (Wildman–Crippen LogP) is 1.26. The first-order chi connectivity index (χ1) is 9.02. The van der Waals surface area contributed by atoms with E-state index in [0.29, 0.717) is 24.5 Å². The Balaban J connectivity index is 2.30. The van der Waals surface area contributed by atoms with Crippen LogP contribution in [0.25, 0.3) is 0 Å². The van der Waals surface area contributed by atoms with E-state index >= 15 is 0 Å². The van der Waals surface area contributed by atoms with Gasteiger partial charge in [0.05, 0.1) is 0 Å². The lowest BCUT2D eigenvalue weighted by atomic mass is 9.96. The summed E-state index contributed by atoms with van der Waals surface area (Å²) in [5, 5.41) is 11.8. The van der Waals surface area contributed by atoms with E-state index in [1.54, 1.807) is 0 Å². The molecule has 0 radical (unpaired) electrons. The zero-order valence-electron chi connectivity index (χ0n) is 11.8. The van der Waals surface area contributed by atoms with Crippen LogP contribution in [-0.2, 0) is 9.59 Å². The Morgan fingerprint density at radius 3 is 2.47 bits per heavy atom. The highest BCUT2D eigenvalue weighted by Crippen LogP contribution is 2.16. The topological polar surface area (TPSA) is 69.6 Å². The fraction of sp³-hybridized carbons (Fsp3) is 0.714. The molecule has 108 valence electrons. The number of likely N-dealkylation sites (tertiary alicyclic amines) is 1. The molecule has 0 bridgehead atoms. The number of nitrogens with one attached hydrogen (secondary N) is 1. The van der Waals surface area contributed by atoms with Crippen molar-refractivity contribution in [2.24, 2.45) is 5.92 Å². The van der Waals surface area contributed by atoms with E-state index in [1.807, 2.05) is 13.0 Å². The maximum absolute atomic E-state index is 10.9. The SMILES string of the molecule is CCC(=CCN1CCC(CNC(C)=O)CC1)C(=O)O. The molecule has 19 heavy (non-hydrogen) atoms. The fourth-order valence-electron chi connectivity index (χ4n) is 2.28. The predicted molar refractivity (Wildman–Crippen MR) is 73.9 cm³/mol. The van der Waals surface area contributed by atoms with Crippen molar-refractivity contribution in [3.05, 3.63) is 11.6 Å². The number of hydrogen-bond donors (Lipinski definition) is 2. The quantitative estimate of drug-likeness (QED) is 0.711. The van der Waals surface area contributed by atoms with Crippen LogP contribution in [0.1, 0.15) is 33.1 Å². The van der Waals surface area contributed by atoms with Crippen LogP contribution in [-0.4, -0.2) is 48.1 Å². The second kappa shape index (κ2) is 7.94. The normalized spacial score (nSPS) is 18.3. The van der Waals surface area contributed by atoms with Crippen LogP contribution in [0, 0.1) is 5.92 Å². The van der Waals surface area contributed by atoms with Gasteiger partial charge in [0.2, 0.25) is 5.91 Å². The molecule has 1 saturated heterocycles. The van der Waals surface area contributed by atoms with Gasteiger partial charge in [0.15, 0.2) is 0 Å². The summed E-state index contributed by atoms with van der Waals surface area (Å²) in [4.78, 5) is 24.0. The lowest BCUT2D eigenvalue weighted by Crippen LogP contribution is -2.38. The monoisotopic (exact) mass is 268 g/mol. The van der Waals surface area contributed by atoms with Gasteiger partial charge < -0.3 is 10.4 Å². The lowest BCUT2D eigenvalue weighted by molar-refractivity contribution is -0.132. The van der Waals surface area contributed by atoms with Gasteiger partial charge in [-0.1, -0.05) is 13.0 Å². The smallest absolute Gasteiger partial charge is 0.331 e. The Morgan fingerprint density at radius 2 is 2.00 bits per heavy atom. The van der Waals surface area contributed by atoms with E-state index in [0.717, 1.165) is 32.5 Å². The van der Waals surface area contributed by atoms with Gasteiger partial charge in [0.25, 0.3) is 0 Å². The molecule has 0 unspecified atom stereocenters. The molecule has 2 N–H and O–H groups in total. The molecule has 1 fully saturated rings. The third kappa shape index (κ3) is 5.87. The van der Waals surface area contributed by atoms with Crippen molar-refractivity contribution in [3.63, 3.8) is 0 Å². The summed E-state index contributed by atoms with van der Waals surface area (Å²) < 4.78 is 0. The van der Waals surface area contributed by atoms with E-state index in [-0.39, 0.29) is 5.91 Å². The molecule has 0 atom stereocenters. The third-order valence-corrected chi connectivity index (χ3v) is 3.60. The molecule has 0 aromatic rings. The highest BCUT2D eigenvalue weighted by molar-refractivity contribution is 5.86. The second-order valence-corrected chi connectivity index (χ2v) is 5.07. The number of carboxylic acids is 1. The van der Waals surface area contributed by atoms with Crippen molar-refractivity contribution in [1.82, 2.24) is 10.2 Å². The molecule has 0 spiro atoms. The van der Waals surface area contributed by atoms with Crippen LogP contribution in [0.15, 0.2) is 11.6 Å². The van der Waals surface area contributed by atoms with Crippen molar-refractivity contribution >= 4 is 11.9 Å². The number of amides is 1. The number of carboxylic acid groups (broad SMARTS) is 1. The number of rotatable bonds is 6. The molecule has 0 saturated carbocycles. The highest BCUT2D eigenvalue weighted by Gasteiger charge is 2.18. The maximum atomic E-state index is 10.9. The maximum Gasteiger partial charge on any atom is 0.331 e. The molecular formula is C14H24N2O3. The van der Waals surface area contributed by atoms with Gasteiger partial charge in [-0.25, -0.2) is 4.79 Å². The summed E-state index contributed by atoms with van der Waals surface area (Å²) >= 11 is 0. The minimum atomic E-state index is -0.817. The summed E-state index contributed by atoms with van der Waals surface area (Å²) in [6.07, 6.45) is 4.50. The number of hydrogen-bond acceptors (Lipinski definition) is 3. The van der Waals surface area contributed by atoms with Crippen molar-refractivity contribution in [2.75, 3.05) is 26.2 Å². The molecule has 5 heteroatoms. The van der Waals surface area contributed by atoms with Gasteiger partial charge in [-0.2, -0.15) is 0 Å². The zero-order valence-corrected chi connectivity index (χ0v) is 11.8. The van der Waals surface area contributed by atoms with Crippen LogP contribution in [0.2, 0.25) is 0 Å². The summed E-state index contributed by atoms with van der Waals surface area (Å²) in [5.41, 5.74) is 0.486. The highest BCUT2D eigenvalue weighted by atomic mass is 16.4. The average Bonchev–Trinajstić information content (AvgIpc) is 2.38.